The Balaban J connectivity index is 1.74. The van der Waals surface area contributed by atoms with Crippen LogP contribution in [0.4, 0.5) is 5.69 Å². The van der Waals surface area contributed by atoms with Gasteiger partial charge in [0, 0.05) is 18.3 Å². The van der Waals surface area contributed by atoms with Gasteiger partial charge in [-0.15, -0.1) is 11.5 Å². The third kappa shape index (κ3) is 4.98. The van der Waals surface area contributed by atoms with Crippen molar-refractivity contribution in [1.29, 1.82) is 0 Å². The van der Waals surface area contributed by atoms with Crippen LogP contribution < -0.4 is 5.32 Å². The molecule has 0 aliphatic heterocycles. The zero-order valence-electron chi connectivity index (χ0n) is 18.1. The van der Waals surface area contributed by atoms with Crippen LogP contribution in [0.5, 0.6) is 0 Å². The van der Waals surface area contributed by atoms with Crippen molar-refractivity contribution in [2.75, 3.05) is 18.9 Å². The molecule has 7 nitrogen and oxygen atoms in total. The van der Waals surface area contributed by atoms with Gasteiger partial charge < -0.3 is 10.2 Å². The predicted molar refractivity (Wildman–Crippen MR) is 120 cm³/mol. The molecule has 7 heteroatoms. The number of aryl methyl sites for hydroxylation is 1. The van der Waals surface area contributed by atoms with Crippen LogP contribution in [-0.4, -0.2) is 45.1 Å². The average molecular weight is 415 g/mol. The smallest absolute Gasteiger partial charge is 0.293 e. The first kappa shape index (κ1) is 21.8. The third-order valence-corrected chi connectivity index (χ3v) is 4.79. The van der Waals surface area contributed by atoms with Crippen molar-refractivity contribution in [2.45, 2.75) is 26.7 Å². The van der Waals surface area contributed by atoms with Gasteiger partial charge in [0.25, 0.3) is 5.91 Å². The molecule has 1 N–H and O–H groups in total. The molecule has 1 heterocycles. The summed E-state index contributed by atoms with van der Waals surface area (Å²) in [5.74, 6) is 2.67. The summed E-state index contributed by atoms with van der Waals surface area (Å²) < 4.78 is 1.67. The number of hydrogen-bond acceptors (Lipinski definition) is 4. The number of amides is 2. The molecular formula is C24H25N5O2. The van der Waals surface area contributed by atoms with Crippen LogP contribution in [0.15, 0.2) is 48.5 Å². The summed E-state index contributed by atoms with van der Waals surface area (Å²) in [6.45, 7) is 5.85. The van der Waals surface area contributed by atoms with Crippen molar-refractivity contribution >= 4 is 17.5 Å². The van der Waals surface area contributed by atoms with Gasteiger partial charge in [-0.1, -0.05) is 44.0 Å². The molecule has 0 saturated heterocycles. The number of benzene rings is 2. The van der Waals surface area contributed by atoms with E-state index in [4.69, 9.17) is 6.42 Å². The Hall–Kier alpha value is -3.92. The maximum Gasteiger partial charge on any atom is 0.293 e. The summed E-state index contributed by atoms with van der Waals surface area (Å²) in [7, 11) is 1.54. The monoisotopic (exact) mass is 415 g/mol. The zero-order valence-corrected chi connectivity index (χ0v) is 18.1. The Morgan fingerprint density at radius 2 is 1.94 bits per heavy atom. The Morgan fingerprint density at radius 1 is 1.19 bits per heavy atom. The van der Waals surface area contributed by atoms with E-state index in [1.165, 1.54) is 11.9 Å². The number of nitrogens with zero attached hydrogens (tertiary/aromatic N) is 4. The van der Waals surface area contributed by atoms with Crippen molar-refractivity contribution in [3.05, 3.63) is 71.3 Å². The predicted octanol–water partition coefficient (Wildman–Crippen LogP) is 3.39. The molecule has 0 aliphatic rings. The molecule has 2 aromatic carbocycles. The quantitative estimate of drug-likeness (QED) is 0.626. The number of para-hydroxylation sites is 1. The number of aromatic nitrogens is 3. The van der Waals surface area contributed by atoms with Crippen LogP contribution >= 0.6 is 0 Å². The summed E-state index contributed by atoms with van der Waals surface area (Å²) in [6.07, 6.45) is 5.38. The van der Waals surface area contributed by atoms with Gasteiger partial charge in [0.1, 0.15) is 5.82 Å². The highest BCUT2D eigenvalue weighted by atomic mass is 16.2. The number of rotatable bonds is 6. The third-order valence-electron chi connectivity index (χ3n) is 4.79. The fraction of sp³-hybridized carbons (Fsp3) is 0.250. The number of nitrogens with one attached hydrogen (secondary N) is 1. The molecule has 3 aromatic rings. The molecule has 0 unspecified atom stereocenters. The highest BCUT2D eigenvalue weighted by Crippen LogP contribution is 2.23. The van der Waals surface area contributed by atoms with E-state index in [1.807, 2.05) is 24.3 Å². The lowest BCUT2D eigenvalue weighted by Gasteiger charge is -2.15. The molecule has 31 heavy (non-hydrogen) atoms. The maximum atomic E-state index is 12.8. The molecule has 158 valence electrons. The van der Waals surface area contributed by atoms with Crippen molar-refractivity contribution in [2.24, 2.45) is 0 Å². The van der Waals surface area contributed by atoms with Gasteiger partial charge in [0.05, 0.1) is 12.2 Å². The first-order chi connectivity index (χ1) is 14.8. The van der Waals surface area contributed by atoms with Crippen LogP contribution in [0.25, 0.3) is 5.69 Å². The highest BCUT2D eigenvalue weighted by molar-refractivity contribution is 5.97. The normalized spacial score (nSPS) is 10.6. The number of carbonyl (C=O) groups excluding carboxylic acids is 2. The lowest BCUT2D eigenvalue weighted by atomic mass is 10.0. The molecule has 1 aromatic heterocycles. The molecule has 0 radical (unpaired) electrons. The Labute approximate surface area is 182 Å². The van der Waals surface area contributed by atoms with Crippen molar-refractivity contribution in [3.8, 4) is 18.0 Å². The minimum absolute atomic E-state index is 0.0423. The zero-order chi connectivity index (χ0) is 22.5. The van der Waals surface area contributed by atoms with Crippen molar-refractivity contribution in [1.82, 2.24) is 19.7 Å². The summed E-state index contributed by atoms with van der Waals surface area (Å²) >= 11 is 0. The molecular weight excluding hydrogens is 390 g/mol. The number of hydrogen-bond donors (Lipinski definition) is 1. The van der Waals surface area contributed by atoms with Gasteiger partial charge in [0.2, 0.25) is 11.7 Å². The molecule has 0 aliphatic carbocycles. The van der Waals surface area contributed by atoms with Crippen LogP contribution in [-0.2, 0) is 4.79 Å². The van der Waals surface area contributed by atoms with E-state index in [-0.39, 0.29) is 18.3 Å². The number of terminal acetylenes is 1. The van der Waals surface area contributed by atoms with Gasteiger partial charge in [-0.05, 0) is 42.7 Å². The number of likely N-dealkylation sites (N-methyl/N-ethyl adjacent to an activating group) is 1. The Kier molecular flexibility index (Phi) is 6.51. The van der Waals surface area contributed by atoms with E-state index >= 15 is 0 Å². The molecule has 2 amide bonds. The van der Waals surface area contributed by atoms with Crippen LogP contribution in [0.1, 0.15) is 47.3 Å². The van der Waals surface area contributed by atoms with E-state index in [1.54, 1.807) is 35.9 Å². The molecule has 0 saturated carbocycles. The second kappa shape index (κ2) is 9.26. The van der Waals surface area contributed by atoms with Crippen LogP contribution in [0.3, 0.4) is 0 Å². The van der Waals surface area contributed by atoms with Gasteiger partial charge in [-0.25, -0.2) is 9.67 Å². The lowest BCUT2D eigenvalue weighted by molar-refractivity contribution is -0.116. The molecule has 0 bridgehead atoms. The van der Waals surface area contributed by atoms with E-state index in [0.717, 1.165) is 11.3 Å². The molecule has 0 atom stereocenters. The standard InChI is InChI=1S/C24H25N5O2/c1-6-18-10-9-11-19(14-18)26-22(30)15-28(5)24(31)23-25-17(4)29(27-23)21-13-8-7-12-20(21)16(2)3/h1,7-14,16H,15H2,2-5H3,(H,26,30). The first-order valence-electron chi connectivity index (χ1n) is 9.95. The SMILES string of the molecule is C#Cc1cccc(NC(=O)CN(C)C(=O)c2nc(C)n(-c3ccccc3C(C)C)n2)c1. The maximum absolute atomic E-state index is 12.8. The average Bonchev–Trinajstić information content (AvgIpc) is 3.14. The number of carbonyl (C=O) groups is 2. The first-order valence-corrected chi connectivity index (χ1v) is 9.95. The Morgan fingerprint density at radius 3 is 2.65 bits per heavy atom. The van der Waals surface area contributed by atoms with Crippen LogP contribution in [0, 0.1) is 19.3 Å². The largest absolute Gasteiger partial charge is 0.330 e. The molecule has 0 fully saturated rings. The lowest BCUT2D eigenvalue weighted by Crippen LogP contribution is -2.35. The summed E-state index contributed by atoms with van der Waals surface area (Å²) in [6, 6.07) is 14.8. The van der Waals surface area contributed by atoms with E-state index in [9.17, 15) is 9.59 Å². The highest BCUT2D eigenvalue weighted by Gasteiger charge is 2.22. The van der Waals surface area contributed by atoms with Crippen molar-refractivity contribution < 1.29 is 9.59 Å². The van der Waals surface area contributed by atoms with Gasteiger partial charge in [0.15, 0.2) is 0 Å². The molecule has 0 spiro atoms. The Bertz CT molecular complexity index is 1160. The fourth-order valence-electron chi connectivity index (χ4n) is 3.22. The van der Waals surface area contributed by atoms with Crippen LogP contribution in [0.2, 0.25) is 0 Å². The number of anilines is 1. The van der Waals surface area contributed by atoms with Gasteiger partial charge in [-0.3, -0.25) is 9.59 Å². The second-order valence-corrected chi connectivity index (χ2v) is 7.54. The minimum Gasteiger partial charge on any atom is -0.330 e. The van der Waals surface area contributed by atoms with E-state index < -0.39 is 5.91 Å². The second-order valence-electron chi connectivity index (χ2n) is 7.54. The summed E-state index contributed by atoms with van der Waals surface area (Å²) in [4.78, 5) is 30.8. The summed E-state index contributed by atoms with van der Waals surface area (Å²) in [5.41, 5.74) is 3.23. The van der Waals surface area contributed by atoms with E-state index in [2.05, 4.69) is 35.2 Å². The fourth-order valence-corrected chi connectivity index (χ4v) is 3.22. The molecule has 3 rings (SSSR count). The summed E-state index contributed by atoms with van der Waals surface area (Å²) in [5, 5.41) is 7.16. The van der Waals surface area contributed by atoms with Crippen molar-refractivity contribution in [3.63, 3.8) is 0 Å². The van der Waals surface area contributed by atoms with Gasteiger partial charge in [-0.2, -0.15) is 0 Å². The van der Waals surface area contributed by atoms with Gasteiger partial charge >= 0.3 is 0 Å². The van der Waals surface area contributed by atoms with E-state index in [0.29, 0.717) is 23.0 Å². The topological polar surface area (TPSA) is 80.1 Å². The minimum atomic E-state index is -0.434.